The monoisotopic (exact) mass is 310 g/mol. The van der Waals surface area contributed by atoms with E-state index in [-0.39, 0.29) is 11.4 Å². The van der Waals surface area contributed by atoms with Crippen LogP contribution in [0.3, 0.4) is 0 Å². The maximum absolute atomic E-state index is 11.4. The Morgan fingerprint density at radius 2 is 1.83 bits per heavy atom. The Morgan fingerprint density at radius 3 is 2.48 bits per heavy atom. The summed E-state index contributed by atoms with van der Waals surface area (Å²) in [7, 11) is 0. The van der Waals surface area contributed by atoms with E-state index in [0.717, 1.165) is 16.5 Å². The van der Waals surface area contributed by atoms with Crippen LogP contribution in [0.2, 0.25) is 0 Å². The first-order chi connectivity index (χ1) is 11.1. The molecule has 3 rings (SSSR count). The molecule has 0 saturated carbocycles. The van der Waals surface area contributed by atoms with Gasteiger partial charge < -0.3 is 9.67 Å². The van der Waals surface area contributed by atoms with Crippen molar-refractivity contribution in [2.24, 2.45) is 0 Å². The third kappa shape index (κ3) is 2.91. The molecular weight excluding hydrogens is 296 g/mol. The van der Waals surface area contributed by atoms with Crippen molar-refractivity contribution in [2.45, 2.75) is 13.0 Å². The van der Waals surface area contributed by atoms with Gasteiger partial charge in [-0.3, -0.25) is 10.1 Å². The highest BCUT2D eigenvalue weighted by atomic mass is 16.6. The second-order valence-electron chi connectivity index (χ2n) is 5.22. The molecule has 6 nitrogen and oxygen atoms in total. The second-order valence-corrected chi connectivity index (χ2v) is 5.22. The van der Waals surface area contributed by atoms with Crippen molar-refractivity contribution >= 4 is 22.6 Å². The van der Waals surface area contributed by atoms with E-state index in [1.54, 1.807) is 22.8 Å². The zero-order valence-electron chi connectivity index (χ0n) is 12.2. The molecule has 1 aromatic heterocycles. The molecule has 0 aliphatic heterocycles. The van der Waals surface area contributed by atoms with E-state index in [1.807, 2.05) is 24.3 Å². The molecular formula is C17H14N2O4. The first-order valence-electron chi connectivity index (χ1n) is 7.11. The molecule has 0 radical (unpaired) electrons. The fraction of sp³-hybridized carbons (Fsp3) is 0.118. The Morgan fingerprint density at radius 1 is 1.13 bits per heavy atom. The highest BCUT2D eigenvalue weighted by Gasteiger charge is 2.14. The van der Waals surface area contributed by atoms with Gasteiger partial charge in [-0.1, -0.05) is 30.3 Å². The molecule has 0 spiro atoms. The number of aryl methyl sites for hydroxylation is 2. The van der Waals surface area contributed by atoms with E-state index >= 15 is 0 Å². The fourth-order valence-corrected chi connectivity index (χ4v) is 2.65. The van der Waals surface area contributed by atoms with Gasteiger partial charge in [0.25, 0.3) is 5.69 Å². The maximum atomic E-state index is 11.4. The van der Waals surface area contributed by atoms with Gasteiger partial charge in [-0.25, -0.2) is 4.79 Å². The van der Waals surface area contributed by atoms with Crippen LogP contribution >= 0.6 is 0 Å². The summed E-state index contributed by atoms with van der Waals surface area (Å²) in [4.78, 5) is 21.6. The number of nitrogens with zero attached hydrogens (tertiary/aromatic N) is 2. The average molecular weight is 310 g/mol. The third-order valence-electron chi connectivity index (χ3n) is 3.80. The highest BCUT2D eigenvalue weighted by molar-refractivity contribution is 5.94. The topological polar surface area (TPSA) is 85.4 Å². The molecule has 0 bridgehead atoms. The minimum Gasteiger partial charge on any atom is -0.477 e. The largest absolute Gasteiger partial charge is 0.477 e. The predicted molar refractivity (Wildman–Crippen MR) is 85.7 cm³/mol. The van der Waals surface area contributed by atoms with Crippen LogP contribution in [0.15, 0.2) is 54.6 Å². The van der Waals surface area contributed by atoms with Gasteiger partial charge in [-0.2, -0.15) is 0 Å². The van der Waals surface area contributed by atoms with Crippen molar-refractivity contribution in [1.29, 1.82) is 0 Å². The lowest BCUT2D eigenvalue weighted by molar-refractivity contribution is -0.384. The summed E-state index contributed by atoms with van der Waals surface area (Å²) in [6.45, 7) is 0.493. The van der Waals surface area contributed by atoms with Crippen molar-refractivity contribution in [3.05, 3.63) is 76.0 Å². The minimum absolute atomic E-state index is 0.0476. The number of hydrogen-bond acceptors (Lipinski definition) is 3. The second kappa shape index (κ2) is 5.92. The summed E-state index contributed by atoms with van der Waals surface area (Å²) in [5, 5.41) is 20.9. The zero-order chi connectivity index (χ0) is 16.4. The SMILES string of the molecule is O=C(O)c1cc2ccccc2n1CCc1ccc([N+](=O)[O-])cc1. The Hall–Kier alpha value is -3.15. The van der Waals surface area contributed by atoms with Crippen molar-refractivity contribution < 1.29 is 14.8 Å². The molecule has 23 heavy (non-hydrogen) atoms. The quantitative estimate of drug-likeness (QED) is 0.577. The summed E-state index contributed by atoms with van der Waals surface area (Å²) in [5.74, 6) is -0.968. The number of aromatic nitrogens is 1. The molecule has 3 aromatic rings. The van der Waals surface area contributed by atoms with E-state index in [0.29, 0.717) is 13.0 Å². The third-order valence-corrected chi connectivity index (χ3v) is 3.80. The van der Waals surface area contributed by atoms with Crippen LogP contribution in [0.25, 0.3) is 10.9 Å². The molecule has 0 atom stereocenters. The van der Waals surface area contributed by atoms with Crippen LogP contribution in [-0.2, 0) is 13.0 Å². The molecule has 0 unspecified atom stereocenters. The lowest BCUT2D eigenvalue weighted by atomic mass is 10.1. The number of aromatic carboxylic acids is 1. The van der Waals surface area contributed by atoms with Gasteiger partial charge in [0.1, 0.15) is 5.69 Å². The Balaban J connectivity index is 1.87. The van der Waals surface area contributed by atoms with Crippen LogP contribution < -0.4 is 0 Å². The van der Waals surface area contributed by atoms with E-state index < -0.39 is 10.9 Å². The van der Waals surface area contributed by atoms with Gasteiger partial charge in [0.15, 0.2) is 0 Å². The van der Waals surface area contributed by atoms with Crippen molar-refractivity contribution in [1.82, 2.24) is 4.57 Å². The molecule has 2 aromatic carbocycles. The Labute approximate surface area is 131 Å². The fourth-order valence-electron chi connectivity index (χ4n) is 2.65. The summed E-state index contributed by atoms with van der Waals surface area (Å²) < 4.78 is 1.76. The van der Waals surface area contributed by atoms with Gasteiger partial charge in [0.05, 0.1) is 4.92 Å². The van der Waals surface area contributed by atoms with Crippen molar-refractivity contribution in [3.63, 3.8) is 0 Å². The Bertz CT molecular complexity index is 881. The van der Waals surface area contributed by atoms with E-state index in [2.05, 4.69) is 0 Å². The minimum atomic E-state index is -0.968. The maximum Gasteiger partial charge on any atom is 0.352 e. The number of non-ortho nitro benzene ring substituents is 1. The number of fused-ring (bicyclic) bond motifs is 1. The number of nitro benzene ring substituents is 1. The number of rotatable bonds is 5. The molecule has 0 aliphatic rings. The first kappa shape index (κ1) is 14.8. The average Bonchev–Trinajstić information content (AvgIpc) is 2.92. The molecule has 0 saturated heterocycles. The lowest BCUT2D eigenvalue weighted by Crippen LogP contribution is -2.10. The molecule has 1 heterocycles. The smallest absolute Gasteiger partial charge is 0.352 e. The normalized spacial score (nSPS) is 10.8. The molecule has 0 fully saturated rings. The van der Waals surface area contributed by atoms with Gasteiger partial charge >= 0.3 is 5.97 Å². The number of benzene rings is 2. The summed E-state index contributed by atoms with van der Waals surface area (Å²) >= 11 is 0. The standard InChI is InChI=1S/C17H14N2O4/c20-17(21)16-11-13-3-1-2-4-15(13)18(16)10-9-12-5-7-14(8-6-12)19(22)23/h1-8,11H,9-10H2,(H,20,21). The number of nitro groups is 1. The van der Waals surface area contributed by atoms with E-state index in [9.17, 15) is 20.0 Å². The zero-order valence-corrected chi connectivity index (χ0v) is 12.2. The van der Waals surface area contributed by atoms with E-state index in [4.69, 9.17) is 0 Å². The van der Waals surface area contributed by atoms with Crippen LogP contribution in [-0.4, -0.2) is 20.6 Å². The Kier molecular flexibility index (Phi) is 3.80. The van der Waals surface area contributed by atoms with Crippen LogP contribution in [0.4, 0.5) is 5.69 Å². The van der Waals surface area contributed by atoms with Crippen LogP contribution in [0.1, 0.15) is 16.1 Å². The van der Waals surface area contributed by atoms with Crippen LogP contribution in [0, 0.1) is 10.1 Å². The first-order valence-corrected chi connectivity index (χ1v) is 7.11. The van der Waals surface area contributed by atoms with Crippen molar-refractivity contribution in [3.8, 4) is 0 Å². The number of carbonyl (C=O) groups is 1. The van der Waals surface area contributed by atoms with Gasteiger partial charge in [-0.05, 0) is 24.1 Å². The van der Waals surface area contributed by atoms with Gasteiger partial charge in [0, 0.05) is 29.6 Å². The number of hydrogen-bond donors (Lipinski definition) is 1. The lowest BCUT2D eigenvalue weighted by Gasteiger charge is -2.08. The number of para-hydroxylation sites is 1. The van der Waals surface area contributed by atoms with Gasteiger partial charge in [0.2, 0.25) is 0 Å². The summed E-state index contributed by atoms with van der Waals surface area (Å²) in [6, 6.07) is 15.5. The molecule has 116 valence electrons. The number of carboxylic acids is 1. The summed E-state index contributed by atoms with van der Waals surface area (Å²) in [6.07, 6.45) is 0.594. The number of carboxylic acid groups (broad SMARTS) is 1. The summed E-state index contributed by atoms with van der Waals surface area (Å²) in [5.41, 5.74) is 2.08. The highest BCUT2D eigenvalue weighted by Crippen LogP contribution is 2.21. The van der Waals surface area contributed by atoms with Crippen molar-refractivity contribution in [2.75, 3.05) is 0 Å². The van der Waals surface area contributed by atoms with E-state index in [1.165, 1.54) is 12.1 Å². The molecule has 0 aliphatic carbocycles. The van der Waals surface area contributed by atoms with Gasteiger partial charge in [-0.15, -0.1) is 0 Å². The van der Waals surface area contributed by atoms with Crippen LogP contribution in [0.5, 0.6) is 0 Å². The predicted octanol–water partition coefficient (Wildman–Crippen LogP) is 3.49. The molecule has 0 amide bonds. The molecule has 1 N–H and O–H groups in total. The molecule has 6 heteroatoms.